The number of unbranched alkanes of at least 4 members (excludes halogenated alkanes) is 10. The SMILES string of the molecule is CC/C=C\C/C=C\CC(O)/C=C/C=C\C/C=C\C/C=C\CCC(=O)OC(COC(=O)CCCCCCCCCCCCC)COP(=O)(O)OCC[N+](C)(C)C. The highest BCUT2D eigenvalue weighted by Crippen LogP contribution is 2.43. The molecule has 0 aliphatic rings. The van der Waals surface area contributed by atoms with Crippen LogP contribution >= 0.6 is 7.82 Å². The van der Waals surface area contributed by atoms with E-state index in [-0.39, 0.29) is 26.1 Å². The predicted octanol–water partition coefficient (Wildman–Crippen LogP) is 10.4. The third-order valence-corrected chi connectivity index (χ3v) is 9.33. The van der Waals surface area contributed by atoms with Crippen molar-refractivity contribution in [1.29, 1.82) is 0 Å². The smallest absolute Gasteiger partial charge is 0.462 e. The zero-order valence-corrected chi connectivity index (χ0v) is 35.9. The molecule has 0 saturated heterocycles. The second kappa shape index (κ2) is 35.8. The minimum Gasteiger partial charge on any atom is -0.462 e. The Labute approximate surface area is 334 Å². The van der Waals surface area contributed by atoms with E-state index in [1.54, 1.807) is 6.08 Å². The van der Waals surface area contributed by atoms with Crippen LogP contribution in [-0.2, 0) is 32.7 Å². The molecule has 3 unspecified atom stereocenters. The molecule has 3 atom stereocenters. The number of ether oxygens (including phenoxy) is 2. The molecule has 0 aromatic rings. The second-order valence-electron chi connectivity index (χ2n) is 14.8. The van der Waals surface area contributed by atoms with Crippen LogP contribution in [-0.4, -0.2) is 86.1 Å². The number of hydrogen-bond acceptors (Lipinski definition) is 8. The van der Waals surface area contributed by atoms with Crippen LogP contribution in [0, 0.1) is 0 Å². The zero-order valence-electron chi connectivity index (χ0n) is 35.0. The third kappa shape index (κ3) is 39.4. The molecule has 0 fully saturated rings. The van der Waals surface area contributed by atoms with Crippen LogP contribution in [0.15, 0.2) is 72.9 Å². The van der Waals surface area contributed by atoms with Crippen molar-refractivity contribution in [2.45, 2.75) is 148 Å². The Bertz CT molecular complexity index is 1190. The van der Waals surface area contributed by atoms with Crippen molar-refractivity contribution in [2.24, 2.45) is 0 Å². The van der Waals surface area contributed by atoms with E-state index in [0.29, 0.717) is 30.3 Å². The predicted molar refractivity (Wildman–Crippen MR) is 225 cm³/mol. The summed E-state index contributed by atoms with van der Waals surface area (Å²) in [7, 11) is 1.39. The Morgan fingerprint density at radius 1 is 0.673 bits per heavy atom. The maximum atomic E-state index is 12.6. The van der Waals surface area contributed by atoms with Crippen LogP contribution in [0.5, 0.6) is 0 Å². The number of hydrogen-bond donors (Lipinski definition) is 2. The maximum absolute atomic E-state index is 12.6. The number of likely N-dealkylation sites (N-methyl/N-ethyl adjacent to an activating group) is 1. The van der Waals surface area contributed by atoms with Gasteiger partial charge in [0.15, 0.2) is 6.10 Å². The molecule has 2 N–H and O–H groups in total. The lowest BCUT2D eigenvalue weighted by Crippen LogP contribution is -2.37. The Morgan fingerprint density at radius 3 is 1.89 bits per heavy atom. The van der Waals surface area contributed by atoms with Crippen molar-refractivity contribution in [1.82, 2.24) is 0 Å². The first kappa shape index (κ1) is 52.4. The molecule has 0 spiro atoms. The minimum atomic E-state index is -4.41. The summed E-state index contributed by atoms with van der Waals surface area (Å²) in [5.74, 6) is -0.933. The number of carbonyl (C=O) groups excluding carboxylic acids is 2. The standard InChI is InChI=1S/C44H76NO9P/c1-6-8-10-12-14-15-16-20-23-27-31-35-43(47)51-39-42(40-53-55(49,50)52-38-37-45(3,4)5)54-44(48)36-32-28-24-21-18-17-19-22-26-30-34-41(46)33-29-25-13-11-9-7-2/h9,11,17-18,22,24-26,28-30,34,41-42,46H,6-8,10,12-16,19-21,23,27,31-33,35-40H2,1-5H3/p+1/b11-9-,18-17-,26-22-,28-24-,29-25-,34-30+. The number of allylic oxidation sites excluding steroid dienone is 10. The van der Waals surface area contributed by atoms with Gasteiger partial charge in [0.1, 0.15) is 19.8 Å². The Kier molecular flexibility index (Phi) is 34.1. The van der Waals surface area contributed by atoms with Crippen LogP contribution in [0.1, 0.15) is 136 Å². The average molecular weight is 795 g/mol. The van der Waals surface area contributed by atoms with Crippen LogP contribution in [0.4, 0.5) is 0 Å². The summed E-state index contributed by atoms with van der Waals surface area (Å²) in [6.07, 6.45) is 40.0. The summed E-state index contributed by atoms with van der Waals surface area (Å²) in [4.78, 5) is 35.2. The first-order valence-electron chi connectivity index (χ1n) is 20.8. The highest BCUT2D eigenvalue weighted by Gasteiger charge is 2.27. The van der Waals surface area contributed by atoms with Gasteiger partial charge in [0.2, 0.25) is 0 Å². The summed E-state index contributed by atoms with van der Waals surface area (Å²) in [6.45, 7) is 4.10. The van der Waals surface area contributed by atoms with E-state index >= 15 is 0 Å². The topological polar surface area (TPSA) is 129 Å². The molecule has 0 heterocycles. The maximum Gasteiger partial charge on any atom is 0.472 e. The molecule has 0 aromatic carbocycles. The lowest BCUT2D eigenvalue weighted by molar-refractivity contribution is -0.870. The monoisotopic (exact) mass is 795 g/mol. The van der Waals surface area contributed by atoms with Crippen LogP contribution < -0.4 is 0 Å². The molecule has 0 amide bonds. The number of aliphatic hydroxyl groups excluding tert-OH is 1. The lowest BCUT2D eigenvalue weighted by atomic mass is 10.1. The minimum absolute atomic E-state index is 0.00634. The van der Waals surface area contributed by atoms with Crippen LogP contribution in [0.3, 0.4) is 0 Å². The second-order valence-corrected chi connectivity index (χ2v) is 16.3. The fourth-order valence-electron chi connectivity index (χ4n) is 5.06. The highest BCUT2D eigenvalue weighted by atomic mass is 31.2. The molecule has 316 valence electrons. The van der Waals surface area contributed by atoms with E-state index in [9.17, 15) is 24.2 Å². The molecule has 0 bridgehead atoms. The van der Waals surface area contributed by atoms with E-state index in [2.05, 4.69) is 32.1 Å². The molecule has 0 saturated carbocycles. The number of phosphoric ester groups is 1. The van der Waals surface area contributed by atoms with Gasteiger partial charge in [-0.25, -0.2) is 4.57 Å². The summed E-state index contributed by atoms with van der Waals surface area (Å²) >= 11 is 0. The molecule has 11 heteroatoms. The number of aliphatic hydroxyl groups is 1. The fraction of sp³-hybridized carbons (Fsp3) is 0.682. The quantitative estimate of drug-likeness (QED) is 0.0159. The summed E-state index contributed by atoms with van der Waals surface area (Å²) in [5.41, 5.74) is 0. The third-order valence-electron chi connectivity index (χ3n) is 8.34. The van der Waals surface area contributed by atoms with Crippen molar-refractivity contribution in [3.8, 4) is 0 Å². The average Bonchev–Trinajstić information content (AvgIpc) is 3.13. The number of carbonyl (C=O) groups is 2. The van der Waals surface area contributed by atoms with Gasteiger partial charge < -0.3 is 24.0 Å². The number of esters is 2. The van der Waals surface area contributed by atoms with Gasteiger partial charge >= 0.3 is 19.8 Å². The van der Waals surface area contributed by atoms with Crippen molar-refractivity contribution in [3.05, 3.63) is 72.9 Å². The summed E-state index contributed by atoms with van der Waals surface area (Å²) in [5, 5.41) is 10.0. The number of phosphoric acid groups is 1. The molecular formula is C44H77NO9P+. The largest absolute Gasteiger partial charge is 0.472 e. The Morgan fingerprint density at radius 2 is 1.25 bits per heavy atom. The van der Waals surface area contributed by atoms with Gasteiger partial charge in [-0.15, -0.1) is 0 Å². The summed E-state index contributed by atoms with van der Waals surface area (Å²) < 4.78 is 34.1. The molecule has 0 aliphatic heterocycles. The van der Waals surface area contributed by atoms with Crippen molar-refractivity contribution in [2.75, 3.05) is 47.5 Å². The van der Waals surface area contributed by atoms with Gasteiger partial charge in [-0.2, -0.15) is 0 Å². The molecule has 55 heavy (non-hydrogen) atoms. The molecular weight excluding hydrogens is 717 g/mol. The molecule has 0 rings (SSSR count). The first-order valence-corrected chi connectivity index (χ1v) is 22.3. The van der Waals surface area contributed by atoms with Crippen molar-refractivity contribution in [3.63, 3.8) is 0 Å². The molecule has 10 nitrogen and oxygen atoms in total. The van der Waals surface area contributed by atoms with Crippen LogP contribution in [0.25, 0.3) is 0 Å². The van der Waals surface area contributed by atoms with Gasteiger partial charge in [-0.05, 0) is 44.9 Å². The van der Waals surface area contributed by atoms with E-state index in [0.717, 1.165) is 38.5 Å². The fourth-order valence-corrected chi connectivity index (χ4v) is 5.81. The Hall–Kier alpha value is -2.59. The first-order chi connectivity index (χ1) is 26.4. The van der Waals surface area contributed by atoms with Crippen molar-refractivity contribution >= 4 is 19.8 Å². The van der Waals surface area contributed by atoms with Gasteiger partial charge in [-0.1, -0.05) is 151 Å². The molecule has 0 aliphatic carbocycles. The van der Waals surface area contributed by atoms with E-state index in [1.807, 2.05) is 69.8 Å². The van der Waals surface area contributed by atoms with E-state index in [1.165, 1.54) is 51.4 Å². The number of quaternary nitrogens is 1. The number of nitrogens with zero attached hydrogens (tertiary/aromatic N) is 1. The zero-order chi connectivity index (χ0) is 40.9. The van der Waals surface area contributed by atoms with Gasteiger partial charge in [0.25, 0.3) is 0 Å². The molecule has 0 radical (unpaired) electrons. The van der Waals surface area contributed by atoms with Crippen LogP contribution in [0.2, 0.25) is 0 Å². The molecule has 0 aromatic heterocycles. The normalized spacial score (nSPS) is 15.0. The highest BCUT2D eigenvalue weighted by molar-refractivity contribution is 7.47. The Balaban J connectivity index is 4.60. The summed E-state index contributed by atoms with van der Waals surface area (Å²) in [6, 6.07) is 0. The van der Waals surface area contributed by atoms with E-state index < -0.39 is 38.6 Å². The van der Waals surface area contributed by atoms with Gasteiger partial charge in [0, 0.05) is 12.8 Å². The van der Waals surface area contributed by atoms with Gasteiger partial charge in [0.05, 0.1) is 33.9 Å². The van der Waals surface area contributed by atoms with E-state index in [4.69, 9.17) is 18.5 Å². The lowest BCUT2D eigenvalue weighted by Gasteiger charge is -2.24. The van der Waals surface area contributed by atoms with Gasteiger partial charge in [-0.3, -0.25) is 18.6 Å². The number of rotatable bonds is 36. The van der Waals surface area contributed by atoms with Crippen molar-refractivity contribution < 1.29 is 47.2 Å².